The van der Waals surface area contributed by atoms with Crippen LogP contribution in [0.5, 0.6) is 0 Å². The molecule has 0 aliphatic carbocycles. The van der Waals surface area contributed by atoms with E-state index in [1.807, 2.05) is 13.8 Å². The fourth-order valence-electron chi connectivity index (χ4n) is 1.58. The van der Waals surface area contributed by atoms with Gasteiger partial charge in [0, 0.05) is 6.04 Å². The topological polar surface area (TPSA) is 80.3 Å². The first-order valence-electron chi connectivity index (χ1n) is 6.15. The molecule has 0 saturated heterocycles. The Kier molecular flexibility index (Phi) is 5.28. The Morgan fingerprint density at radius 3 is 2.20 bits per heavy atom. The van der Waals surface area contributed by atoms with E-state index in [-0.39, 0.29) is 16.9 Å². The Balaban J connectivity index is 3.11. The molecule has 1 rings (SSSR count). The van der Waals surface area contributed by atoms with E-state index in [9.17, 15) is 20.7 Å². The van der Waals surface area contributed by atoms with Gasteiger partial charge in [-0.15, -0.1) is 3.89 Å². The molecule has 0 heterocycles. The summed E-state index contributed by atoms with van der Waals surface area (Å²) in [4.78, 5) is -0.942. The van der Waals surface area contributed by atoms with Crippen molar-refractivity contribution in [2.75, 3.05) is 0 Å². The summed E-state index contributed by atoms with van der Waals surface area (Å²) < 4.78 is 61.2. The molecule has 0 bridgehead atoms. The van der Waals surface area contributed by atoms with Crippen molar-refractivity contribution in [2.45, 2.75) is 43.0 Å². The summed E-state index contributed by atoms with van der Waals surface area (Å²) in [7, 11) is -8.81. The highest BCUT2D eigenvalue weighted by molar-refractivity contribution is 7.89. The summed E-state index contributed by atoms with van der Waals surface area (Å²) in [5, 5.41) is 0. The van der Waals surface area contributed by atoms with Gasteiger partial charge in [0.05, 0.1) is 9.79 Å². The lowest BCUT2D eigenvalue weighted by molar-refractivity contribution is 0.434. The van der Waals surface area contributed by atoms with E-state index in [0.29, 0.717) is 0 Å². The van der Waals surface area contributed by atoms with Crippen molar-refractivity contribution in [3.8, 4) is 0 Å². The molecule has 1 aromatic carbocycles. The molecule has 0 radical (unpaired) electrons. The van der Waals surface area contributed by atoms with Gasteiger partial charge in [0.1, 0.15) is 0 Å². The van der Waals surface area contributed by atoms with E-state index >= 15 is 0 Å². The average Bonchev–Trinajstić information content (AvgIpc) is 2.36. The summed E-state index contributed by atoms with van der Waals surface area (Å²) in [6.07, 6.45) is 0.794. The molecular weight excluding hydrogens is 305 g/mol. The molecule has 8 heteroatoms. The number of halogens is 1. The molecule has 0 aliphatic rings. The van der Waals surface area contributed by atoms with E-state index < -0.39 is 25.1 Å². The monoisotopic (exact) mass is 323 g/mol. The van der Waals surface area contributed by atoms with Crippen LogP contribution in [0.15, 0.2) is 34.1 Å². The van der Waals surface area contributed by atoms with Gasteiger partial charge in [0.25, 0.3) is 0 Å². The Labute approximate surface area is 119 Å². The third-order valence-electron chi connectivity index (χ3n) is 3.24. The molecule has 2 unspecified atom stereocenters. The zero-order chi connectivity index (χ0) is 15.6. The van der Waals surface area contributed by atoms with Crippen LogP contribution in [0.1, 0.15) is 27.2 Å². The summed E-state index contributed by atoms with van der Waals surface area (Å²) in [6.45, 7) is 5.56. The number of hydrogen-bond acceptors (Lipinski definition) is 4. The SMILES string of the molecule is CCC(C)C(C)NS(=O)(=O)c1cccc(S(=O)(=O)F)c1. The van der Waals surface area contributed by atoms with Gasteiger partial charge in [0.2, 0.25) is 10.0 Å². The Bertz CT molecular complexity index is 670. The van der Waals surface area contributed by atoms with Crippen molar-refractivity contribution >= 4 is 20.2 Å². The van der Waals surface area contributed by atoms with E-state index in [0.717, 1.165) is 18.6 Å². The molecule has 20 heavy (non-hydrogen) atoms. The van der Waals surface area contributed by atoms with Crippen LogP contribution in [0.2, 0.25) is 0 Å². The minimum Gasteiger partial charge on any atom is -0.208 e. The molecule has 1 aromatic rings. The number of rotatable bonds is 6. The van der Waals surface area contributed by atoms with Crippen LogP contribution in [0.4, 0.5) is 3.89 Å². The van der Waals surface area contributed by atoms with Crippen molar-refractivity contribution < 1.29 is 20.7 Å². The summed E-state index contributed by atoms with van der Waals surface area (Å²) in [6, 6.07) is 3.92. The molecular formula is C12H18FNO4S2. The third-order valence-corrected chi connectivity index (χ3v) is 5.61. The summed E-state index contributed by atoms with van der Waals surface area (Å²) >= 11 is 0. The fraction of sp³-hybridized carbons (Fsp3) is 0.500. The molecule has 1 N–H and O–H groups in total. The second kappa shape index (κ2) is 6.19. The molecule has 5 nitrogen and oxygen atoms in total. The van der Waals surface area contributed by atoms with Crippen molar-refractivity contribution in [1.82, 2.24) is 4.72 Å². The van der Waals surface area contributed by atoms with Gasteiger partial charge in [-0.25, -0.2) is 13.1 Å². The lowest BCUT2D eigenvalue weighted by Crippen LogP contribution is -2.36. The number of hydrogen-bond donors (Lipinski definition) is 1. The highest BCUT2D eigenvalue weighted by Gasteiger charge is 2.22. The van der Waals surface area contributed by atoms with Gasteiger partial charge in [-0.05, 0) is 31.0 Å². The predicted octanol–water partition coefficient (Wildman–Crippen LogP) is 2.06. The van der Waals surface area contributed by atoms with Crippen LogP contribution >= 0.6 is 0 Å². The molecule has 0 fully saturated rings. The van der Waals surface area contributed by atoms with Gasteiger partial charge >= 0.3 is 10.2 Å². The molecule has 0 saturated carbocycles. The standard InChI is InChI=1S/C12H18FNO4S2/c1-4-9(2)10(3)14-20(17,18)12-7-5-6-11(8-12)19(13,15)16/h5-10,14H,4H2,1-3H3. The first kappa shape index (κ1) is 17.1. The number of sulfonamides is 1. The van der Waals surface area contributed by atoms with Crippen LogP contribution < -0.4 is 4.72 Å². The van der Waals surface area contributed by atoms with Crippen LogP contribution in [0, 0.1) is 5.92 Å². The maximum atomic E-state index is 12.9. The maximum absolute atomic E-state index is 12.9. The molecule has 0 amide bonds. The van der Waals surface area contributed by atoms with E-state index in [4.69, 9.17) is 0 Å². The van der Waals surface area contributed by atoms with Crippen molar-refractivity contribution in [3.05, 3.63) is 24.3 Å². The Morgan fingerprint density at radius 2 is 1.70 bits per heavy atom. The third kappa shape index (κ3) is 4.26. The minimum absolute atomic E-state index is 0.123. The van der Waals surface area contributed by atoms with Gasteiger partial charge in [0.15, 0.2) is 0 Å². The largest absolute Gasteiger partial charge is 0.332 e. The van der Waals surface area contributed by atoms with E-state index in [1.165, 1.54) is 12.1 Å². The Morgan fingerprint density at radius 1 is 1.15 bits per heavy atom. The van der Waals surface area contributed by atoms with Gasteiger partial charge < -0.3 is 0 Å². The van der Waals surface area contributed by atoms with Gasteiger partial charge in [-0.2, -0.15) is 8.42 Å². The van der Waals surface area contributed by atoms with Gasteiger partial charge in [-0.1, -0.05) is 26.3 Å². The van der Waals surface area contributed by atoms with E-state index in [2.05, 4.69) is 4.72 Å². The maximum Gasteiger partial charge on any atom is 0.332 e. The van der Waals surface area contributed by atoms with Crippen LogP contribution in [-0.2, 0) is 20.2 Å². The lowest BCUT2D eigenvalue weighted by Gasteiger charge is -2.19. The number of benzene rings is 1. The molecule has 2 atom stereocenters. The highest BCUT2D eigenvalue weighted by Crippen LogP contribution is 2.18. The van der Waals surface area contributed by atoms with Gasteiger partial charge in [-0.3, -0.25) is 0 Å². The predicted molar refractivity (Wildman–Crippen MR) is 74.0 cm³/mol. The normalized spacial score (nSPS) is 15.8. The Hall–Kier alpha value is -0.990. The molecule has 114 valence electrons. The molecule has 0 spiro atoms. The first-order valence-corrected chi connectivity index (χ1v) is 9.01. The smallest absolute Gasteiger partial charge is 0.208 e. The van der Waals surface area contributed by atoms with Crippen LogP contribution in [-0.4, -0.2) is 22.9 Å². The zero-order valence-electron chi connectivity index (χ0n) is 11.5. The fourth-order valence-corrected chi connectivity index (χ4v) is 3.56. The van der Waals surface area contributed by atoms with Crippen LogP contribution in [0.3, 0.4) is 0 Å². The summed E-state index contributed by atoms with van der Waals surface area (Å²) in [5.41, 5.74) is 0. The highest BCUT2D eigenvalue weighted by atomic mass is 32.3. The quantitative estimate of drug-likeness (QED) is 0.813. The zero-order valence-corrected chi connectivity index (χ0v) is 13.1. The van der Waals surface area contributed by atoms with Crippen molar-refractivity contribution in [3.63, 3.8) is 0 Å². The second-order valence-electron chi connectivity index (χ2n) is 4.71. The molecule has 0 aliphatic heterocycles. The average molecular weight is 323 g/mol. The summed E-state index contributed by atoms with van der Waals surface area (Å²) in [5.74, 6) is 0.123. The first-order chi connectivity index (χ1) is 9.08. The second-order valence-corrected chi connectivity index (χ2v) is 7.77. The number of nitrogens with one attached hydrogen (secondary N) is 1. The minimum atomic E-state index is -4.93. The van der Waals surface area contributed by atoms with Crippen molar-refractivity contribution in [1.29, 1.82) is 0 Å². The van der Waals surface area contributed by atoms with Crippen LogP contribution in [0.25, 0.3) is 0 Å². The van der Waals surface area contributed by atoms with E-state index in [1.54, 1.807) is 6.92 Å². The van der Waals surface area contributed by atoms with Crippen molar-refractivity contribution in [2.24, 2.45) is 5.92 Å². The lowest BCUT2D eigenvalue weighted by atomic mass is 10.0. The molecule has 0 aromatic heterocycles.